The van der Waals surface area contributed by atoms with Gasteiger partial charge in [0.25, 0.3) is 0 Å². The van der Waals surface area contributed by atoms with Crippen molar-refractivity contribution in [3.8, 4) is 0 Å². The van der Waals surface area contributed by atoms with Crippen molar-refractivity contribution in [2.75, 3.05) is 5.75 Å². The van der Waals surface area contributed by atoms with Crippen molar-refractivity contribution in [1.82, 2.24) is 0 Å². The zero-order chi connectivity index (χ0) is 18.4. The Morgan fingerprint density at radius 2 is 1.19 bits per heavy atom. The molecule has 0 spiro atoms. The first-order valence-electron chi connectivity index (χ1n) is 8.43. The smallest absolute Gasteiger partial charge is 1.00 e. The number of hydrogen-bond donors (Lipinski definition) is 2. The molecule has 0 bridgehead atoms. The van der Waals surface area contributed by atoms with Crippen molar-refractivity contribution >= 4 is 17.7 Å². The predicted molar refractivity (Wildman–Crippen MR) is 108 cm³/mol. The Morgan fingerprint density at radius 3 is 1.48 bits per heavy atom. The molecule has 0 aliphatic heterocycles. The molecule has 0 saturated heterocycles. The largest absolute Gasteiger partial charge is 1.00 e. The molecule has 3 N–H and O–H groups in total. The fraction of sp³-hybridized carbons (Fsp3) is 0.136. The Morgan fingerprint density at radius 1 is 0.852 bits per heavy atom. The van der Waals surface area contributed by atoms with Gasteiger partial charge >= 0.3 is 24.8 Å². The summed E-state index contributed by atoms with van der Waals surface area (Å²) in [7, 11) is 0. The van der Waals surface area contributed by atoms with E-state index < -0.39 is 16.8 Å². The molecule has 0 radical (unpaired) electrons. The van der Waals surface area contributed by atoms with Crippen LogP contribution in [0.15, 0.2) is 91.0 Å². The molecule has 0 aliphatic carbocycles. The molecule has 27 heavy (non-hydrogen) atoms. The van der Waals surface area contributed by atoms with E-state index in [1.165, 1.54) is 0 Å². The van der Waals surface area contributed by atoms with E-state index in [4.69, 9.17) is 5.73 Å². The number of rotatable bonds is 7. The second kappa shape index (κ2) is 9.82. The molecule has 3 aromatic carbocycles. The molecule has 134 valence electrons. The fourth-order valence-corrected chi connectivity index (χ4v) is 4.54. The Labute approximate surface area is 177 Å². The molecule has 0 heterocycles. The van der Waals surface area contributed by atoms with Crippen molar-refractivity contribution in [3.05, 3.63) is 108 Å². The van der Waals surface area contributed by atoms with Gasteiger partial charge in [-0.2, -0.15) is 0 Å². The third-order valence-electron chi connectivity index (χ3n) is 4.34. The molecule has 0 aromatic heterocycles. The van der Waals surface area contributed by atoms with E-state index in [2.05, 4.69) is 36.4 Å². The summed E-state index contributed by atoms with van der Waals surface area (Å²) >= 11 is 1.56. The Kier molecular flexibility index (Phi) is 7.76. The molecule has 3 rings (SSSR count). The van der Waals surface area contributed by atoms with Gasteiger partial charge in [0.1, 0.15) is 6.04 Å². The van der Waals surface area contributed by atoms with E-state index in [0.29, 0.717) is 5.75 Å². The molecule has 5 heteroatoms. The molecule has 0 amide bonds. The van der Waals surface area contributed by atoms with Crippen molar-refractivity contribution in [2.24, 2.45) is 5.73 Å². The summed E-state index contributed by atoms with van der Waals surface area (Å²) < 4.78 is -0.531. The van der Waals surface area contributed by atoms with Crippen molar-refractivity contribution in [1.29, 1.82) is 0 Å². The molecular weight excluding hydrogens is 349 g/mol. The van der Waals surface area contributed by atoms with Crippen LogP contribution < -0.4 is 24.6 Å². The Bertz CT molecular complexity index is 754. The number of hydrogen-bond acceptors (Lipinski definition) is 3. The molecule has 0 aliphatic rings. The topological polar surface area (TPSA) is 63.3 Å². The second-order valence-electron chi connectivity index (χ2n) is 6.03. The van der Waals surface area contributed by atoms with Gasteiger partial charge in [0.05, 0.1) is 4.75 Å². The molecule has 3 nitrogen and oxygen atoms in total. The maximum absolute atomic E-state index is 11.3. The van der Waals surface area contributed by atoms with E-state index >= 15 is 0 Å². The number of carboxylic acids is 1. The minimum Gasteiger partial charge on any atom is -1.00 e. The molecule has 0 saturated carbocycles. The van der Waals surface area contributed by atoms with Gasteiger partial charge in [0.2, 0.25) is 0 Å². The first-order valence-corrected chi connectivity index (χ1v) is 9.42. The number of nitrogens with two attached hydrogens (primary N) is 1. The number of benzene rings is 3. The average molecular weight is 371 g/mol. The quantitative estimate of drug-likeness (QED) is 0.485. The number of carbonyl (C=O) groups is 1. The molecular formula is C22H22LiNO2S. The van der Waals surface area contributed by atoms with Gasteiger partial charge in [-0.25, -0.2) is 0 Å². The maximum Gasteiger partial charge on any atom is 1.00 e. The van der Waals surface area contributed by atoms with Crippen LogP contribution in [0, 0.1) is 0 Å². The van der Waals surface area contributed by atoms with Crippen molar-refractivity contribution in [3.63, 3.8) is 0 Å². The summed E-state index contributed by atoms with van der Waals surface area (Å²) in [5, 5.41) is 9.25. The summed E-state index contributed by atoms with van der Waals surface area (Å²) in [6.45, 7) is 0. The zero-order valence-electron chi connectivity index (χ0n) is 16.3. The van der Waals surface area contributed by atoms with Gasteiger partial charge in [-0.3, -0.25) is 4.79 Å². The summed E-state index contributed by atoms with van der Waals surface area (Å²) in [4.78, 5) is 11.3. The summed E-state index contributed by atoms with van der Waals surface area (Å²) in [6, 6.07) is 29.6. The van der Waals surface area contributed by atoms with Crippen LogP contribution >= 0.6 is 11.8 Å². The first-order chi connectivity index (χ1) is 12.6. The SMILES string of the molecule is N[C@@H](CSC(c1ccccc1)(c1ccccc1)c1ccccc1)C(=O)O.[H-].[Li+]. The van der Waals surface area contributed by atoms with Gasteiger partial charge in [-0.1, -0.05) is 91.0 Å². The van der Waals surface area contributed by atoms with E-state index in [1.54, 1.807) is 11.8 Å². The predicted octanol–water partition coefficient (Wildman–Crippen LogP) is 1.24. The first kappa shape index (κ1) is 21.3. The molecule has 0 fully saturated rings. The zero-order valence-corrected chi connectivity index (χ0v) is 16.1. The summed E-state index contributed by atoms with van der Waals surface area (Å²) in [5.41, 5.74) is 9.13. The van der Waals surface area contributed by atoms with Gasteiger partial charge in [-0.05, 0) is 16.7 Å². The van der Waals surface area contributed by atoms with Crippen LogP contribution in [0.2, 0.25) is 0 Å². The van der Waals surface area contributed by atoms with Gasteiger partial charge in [0.15, 0.2) is 0 Å². The third kappa shape index (κ3) is 4.66. The molecule has 1 atom stereocenters. The number of aliphatic carboxylic acids is 1. The van der Waals surface area contributed by atoms with Crippen LogP contribution in [0.1, 0.15) is 18.1 Å². The fourth-order valence-electron chi connectivity index (χ4n) is 3.05. The van der Waals surface area contributed by atoms with Gasteiger partial charge in [-0.15, -0.1) is 11.8 Å². The number of thioether (sulfide) groups is 1. The van der Waals surface area contributed by atoms with E-state index in [9.17, 15) is 9.90 Å². The average Bonchev–Trinajstić information content (AvgIpc) is 2.70. The minimum atomic E-state index is -0.986. The van der Waals surface area contributed by atoms with Crippen molar-refractivity contribution in [2.45, 2.75) is 10.8 Å². The van der Waals surface area contributed by atoms with Crippen LogP contribution in [0.25, 0.3) is 0 Å². The van der Waals surface area contributed by atoms with E-state index in [1.807, 2.05) is 54.6 Å². The van der Waals surface area contributed by atoms with E-state index in [-0.39, 0.29) is 20.3 Å². The van der Waals surface area contributed by atoms with Crippen LogP contribution in [-0.4, -0.2) is 22.9 Å². The maximum atomic E-state index is 11.3. The third-order valence-corrected chi connectivity index (χ3v) is 6.00. The summed E-state index contributed by atoms with van der Waals surface area (Å²) in [6.07, 6.45) is 0. The Hall–Kier alpha value is -1.96. The molecule has 3 aromatic rings. The Balaban J connectivity index is 0.00000196. The van der Waals surface area contributed by atoms with Crippen LogP contribution in [0.4, 0.5) is 0 Å². The summed E-state index contributed by atoms with van der Waals surface area (Å²) in [5.74, 6) is -0.686. The van der Waals surface area contributed by atoms with Crippen LogP contribution in [0.3, 0.4) is 0 Å². The van der Waals surface area contributed by atoms with Crippen LogP contribution in [0.5, 0.6) is 0 Å². The number of carboxylic acid groups (broad SMARTS) is 1. The minimum absolute atomic E-state index is 0. The van der Waals surface area contributed by atoms with Crippen LogP contribution in [-0.2, 0) is 9.54 Å². The van der Waals surface area contributed by atoms with Crippen molar-refractivity contribution < 1.29 is 30.2 Å². The van der Waals surface area contributed by atoms with Gasteiger partial charge < -0.3 is 12.3 Å². The standard InChI is InChI=1S/C22H21NO2S.Li.H/c23-20(21(24)25)16-26-22(17-10-4-1-5-11-17,18-12-6-2-7-13-18)19-14-8-3-9-15-19;;/h1-15,20H,16,23H2,(H,24,25);;/q;+1;-1/t20-;;/m0../s1. The van der Waals surface area contributed by atoms with Gasteiger partial charge in [0, 0.05) is 5.75 Å². The normalized spacial score (nSPS) is 12.0. The second-order valence-corrected chi connectivity index (χ2v) is 7.27. The monoisotopic (exact) mass is 371 g/mol. The van der Waals surface area contributed by atoms with E-state index in [0.717, 1.165) is 16.7 Å². The molecule has 0 unspecified atom stereocenters.